The van der Waals surface area contributed by atoms with Gasteiger partial charge in [0.2, 0.25) is 5.88 Å². The summed E-state index contributed by atoms with van der Waals surface area (Å²) in [7, 11) is 0. The van der Waals surface area contributed by atoms with Gasteiger partial charge in [0.25, 0.3) is 0 Å². The molecule has 1 aliphatic rings. The van der Waals surface area contributed by atoms with E-state index in [2.05, 4.69) is 17.0 Å². The Hall–Kier alpha value is -3.12. The third kappa shape index (κ3) is 6.16. The predicted molar refractivity (Wildman–Crippen MR) is 144 cm³/mol. The zero-order valence-corrected chi connectivity index (χ0v) is 21.3. The smallest absolute Gasteiger partial charge is 0.227 e. The molecule has 1 fully saturated rings. The Morgan fingerprint density at radius 1 is 1.00 bits per heavy atom. The second-order valence-electron chi connectivity index (χ2n) is 9.63. The van der Waals surface area contributed by atoms with E-state index in [1.54, 1.807) is 0 Å². The first-order valence-electron chi connectivity index (χ1n) is 12.6. The van der Waals surface area contributed by atoms with Gasteiger partial charge in [0, 0.05) is 19.6 Å². The van der Waals surface area contributed by atoms with Crippen LogP contribution in [0.4, 0.5) is 0 Å². The molecule has 0 aliphatic heterocycles. The lowest BCUT2D eigenvalue weighted by atomic mass is 10.1. The van der Waals surface area contributed by atoms with Crippen LogP contribution in [0, 0.1) is 12.8 Å². The molecule has 3 aromatic carbocycles. The summed E-state index contributed by atoms with van der Waals surface area (Å²) in [5, 5.41) is 16.4. The fraction of sp³-hybridized carbons (Fsp3) is 0.300. The van der Waals surface area contributed by atoms with Crippen molar-refractivity contribution in [1.29, 1.82) is 0 Å². The van der Waals surface area contributed by atoms with E-state index in [4.69, 9.17) is 21.4 Å². The number of halogens is 1. The predicted octanol–water partition coefficient (Wildman–Crippen LogP) is 6.44. The number of benzene rings is 3. The molecule has 5 rings (SSSR count). The number of nitrogens with zero attached hydrogens (tertiary/aromatic N) is 3. The summed E-state index contributed by atoms with van der Waals surface area (Å²) >= 11 is 6.46. The number of hydrogen-bond donors (Lipinski definition) is 1. The highest BCUT2D eigenvalue weighted by atomic mass is 35.5. The summed E-state index contributed by atoms with van der Waals surface area (Å²) in [6.07, 6.45) is 2.67. The van der Waals surface area contributed by atoms with E-state index < -0.39 is 6.10 Å². The van der Waals surface area contributed by atoms with E-state index in [0.29, 0.717) is 42.1 Å². The van der Waals surface area contributed by atoms with Gasteiger partial charge in [0.15, 0.2) is 0 Å². The van der Waals surface area contributed by atoms with Crippen LogP contribution in [0.15, 0.2) is 84.9 Å². The molecule has 0 bridgehead atoms. The Bertz CT molecular complexity index is 1270. The fourth-order valence-electron chi connectivity index (χ4n) is 4.54. The average Bonchev–Trinajstić information content (AvgIpc) is 3.65. The van der Waals surface area contributed by atoms with Crippen LogP contribution in [-0.4, -0.2) is 39.0 Å². The molecule has 0 saturated heterocycles. The molecule has 0 amide bonds. The minimum atomic E-state index is -0.455. The van der Waals surface area contributed by atoms with Gasteiger partial charge in [0.1, 0.15) is 5.75 Å². The molecule has 1 aromatic heterocycles. The van der Waals surface area contributed by atoms with E-state index in [1.807, 2.05) is 84.4 Å². The highest BCUT2D eigenvalue weighted by Crippen LogP contribution is 2.36. The van der Waals surface area contributed by atoms with Gasteiger partial charge in [-0.3, -0.25) is 4.90 Å². The second kappa shape index (κ2) is 11.3. The molecule has 1 saturated carbocycles. The van der Waals surface area contributed by atoms with Crippen LogP contribution in [0.2, 0.25) is 5.02 Å². The van der Waals surface area contributed by atoms with Crippen molar-refractivity contribution in [3.63, 3.8) is 0 Å². The van der Waals surface area contributed by atoms with Gasteiger partial charge < -0.3 is 9.84 Å². The molecule has 1 heterocycles. The van der Waals surface area contributed by atoms with Crippen molar-refractivity contribution >= 4 is 11.6 Å². The lowest BCUT2D eigenvalue weighted by molar-refractivity contribution is 0.105. The van der Waals surface area contributed by atoms with E-state index in [-0.39, 0.29) is 0 Å². The lowest BCUT2D eigenvalue weighted by Gasteiger charge is -2.25. The largest absolute Gasteiger partial charge is 0.437 e. The van der Waals surface area contributed by atoms with Crippen molar-refractivity contribution in [3.8, 4) is 17.3 Å². The van der Waals surface area contributed by atoms with Gasteiger partial charge in [-0.15, -0.1) is 0 Å². The Morgan fingerprint density at radius 2 is 1.67 bits per heavy atom. The summed E-state index contributed by atoms with van der Waals surface area (Å²) in [5.74, 6) is 1.94. The molecule has 5 nitrogen and oxygen atoms in total. The first-order valence-corrected chi connectivity index (χ1v) is 12.9. The van der Waals surface area contributed by atoms with Crippen molar-refractivity contribution in [3.05, 3.63) is 107 Å². The number of hydrogen-bond acceptors (Lipinski definition) is 4. The van der Waals surface area contributed by atoms with Gasteiger partial charge in [-0.05, 0) is 61.9 Å². The first kappa shape index (κ1) is 24.6. The van der Waals surface area contributed by atoms with Crippen LogP contribution in [0.3, 0.4) is 0 Å². The molecule has 0 spiro atoms. The first-order chi connectivity index (χ1) is 17.6. The number of ether oxygens (including phenoxy) is 1. The molecule has 186 valence electrons. The van der Waals surface area contributed by atoms with Crippen molar-refractivity contribution in [2.24, 2.45) is 5.92 Å². The van der Waals surface area contributed by atoms with Crippen LogP contribution < -0.4 is 4.74 Å². The standard InChI is InChI=1S/C30H32ClN3O2/c1-22-27(21-33(19-24-16-17-24)20-26(35)18-23-10-4-2-5-11-23)30(36-29-15-9-8-14-28(29)31)34(32-22)25-12-6-3-7-13-25/h2-15,24,26,35H,16-21H2,1H3. The molecule has 1 unspecified atom stereocenters. The Balaban J connectivity index is 1.44. The van der Waals surface area contributed by atoms with E-state index in [9.17, 15) is 5.11 Å². The molecule has 1 N–H and O–H groups in total. The molecule has 1 atom stereocenters. The zero-order valence-electron chi connectivity index (χ0n) is 20.6. The minimum absolute atomic E-state index is 0.455. The van der Waals surface area contributed by atoms with E-state index in [0.717, 1.165) is 29.1 Å². The van der Waals surface area contributed by atoms with E-state index in [1.165, 1.54) is 12.8 Å². The second-order valence-corrected chi connectivity index (χ2v) is 10.0. The van der Waals surface area contributed by atoms with Crippen LogP contribution >= 0.6 is 11.6 Å². The normalized spacial score (nSPS) is 14.2. The number of aromatic nitrogens is 2. The highest BCUT2D eigenvalue weighted by molar-refractivity contribution is 6.32. The van der Waals surface area contributed by atoms with Gasteiger partial charge in [-0.25, -0.2) is 4.68 Å². The molecular formula is C30H32ClN3O2. The van der Waals surface area contributed by atoms with E-state index >= 15 is 0 Å². The summed E-state index contributed by atoms with van der Waals surface area (Å²) in [6, 6.07) is 27.7. The number of aliphatic hydroxyl groups is 1. The van der Waals surface area contributed by atoms with Crippen LogP contribution in [0.5, 0.6) is 11.6 Å². The topological polar surface area (TPSA) is 50.5 Å². The fourth-order valence-corrected chi connectivity index (χ4v) is 4.72. The minimum Gasteiger partial charge on any atom is -0.437 e. The SMILES string of the molecule is Cc1nn(-c2ccccc2)c(Oc2ccccc2Cl)c1CN(CC(O)Cc1ccccc1)CC1CC1. The molecular weight excluding hydrogens is 470 g/mol. The maximum Gasteiger partial charge on any atom is 0.227 e. The van der Waals surface area contributed by atoms with Crippen LogP contribution in [0.25, 0.3) is 5.69 Å². The number of rotatable bonds is 11. The van der Waals surface area contributed by atoms with Crippen LogP contribution in [0.1, 0.15) is 29.7 Å². The molecule has 1 aliphatic carbocycles. The van der Waals surface area contributed by atoms with Gasteiger partial charge >= 0.3 is 0 Å². The van der Waals surface area contributed by atoms with Crippen molar-refractivity contribution in [2.75, 3.05) is 13.1 Å². The monoisotopic (exact) mass is 501 g/mol. The Morgan fingerprint density at radius 3 is 2.36 bits per heavy atom. The van der Waals surface area contributed by atoms with Crippen LogP contribution in [-0.2, 0) is 13.0 Å². The summed E-state index contributed by atoms with van der Waals surface area (Å²) in [6.45, 7) is 4.20. The zero-order chi connectivity index (χ0) is 24.9. The van der Waals surface area contributed by atoms with Crippen molar-refractivity contribution < 1.29 is 9.84 Å². The Labute approximate surface area is 217 Å². The van der Waals surface area contributed by atoms with Crippen molar-refractivity contribution in [2.45, 2.75) is 38.8 Å². The summed E-state index contributed by atoms with van der Waals surface area (Å²) in [5.41, 5.74) is 3.98. The number of para-hydroxylation sites is 2. The molecule has 0 radical (unpaired) electrons. The quantitative estimate of drug-likeness (QED) is 0.257. The maximum atomic E-state index is 11.0. The Kier molecular flexibility index (Phi) is 7.71. The van der Waals surface area contributed by atoms with Gasteiger partial charge in [-0.2, -0.15) is 5.10 Å². The van der Waals surface area contributed by atoms with Crippen molar-refractivity contribution in [1.82, 2.24) is 14.7 Å². The highest BCUT2D eigenvalue weighted by Gasteiger charge is 2.28. The molecule has 36 heavy (non-hydrogen) atoms. The third-order valence-electron chi connectivity index (χ3n) is 6.56. The summed E-state index contributed by atoms with van der Waals surface area (Å²) in [4.78, 5) is 2.35. The van der Waals surface area contributed by atoms with Gasteiger partial charge in [-0.1, -0.05) is 72.3 Å². The number of aliphatic hydroxyl groups excluding tert-OH is 1. The molecule has 4 aromatic rings. The third-order valence-corrected chi connectivity index (χ3v) is 6.87. The summed E-state index contributed by atoms with van der Waals surface area (Å²) < 4.78 is 8.30. The maximum absolute atomic E-state index is 11.0. The number of aryl methyl sites for hydroxylation is 1. The lowest BCUT2D eigenvalue weighted by Crippen LogP contribution is -2.35. The average molecular weight is 502 g/mol. The molecule has 6 heteroatoms. The van der Waals surface area contributed by atoms with Gasteiger partial charge in [0.05, 0.1) is 28.1 Å².